The molecule has 338 valence electrons. The summed E-state index contributed by atoms with van der Waals surface area (Å²) in [5.41, 5.74) is 24.7. The van der Waals surface area contributed by atoms with E-state index in [2.05, 4.69) is 258 Å². The van der Waals surface area contributed by atoms with Crippen molar-refractivity contribution in [2.45, 2.75) is 41.5 Å². The van der Waals surface area contributed by atoms with Crippen LogP contribution in [0.1, 0.15) is 33.4 Å². The first-order valence-corrected chi connectivity index (χ1v) is 24.1. The van der Waals surface area contributed by atoms with Crippen LogP contribution in [0.25, 0.3) is 77.3 Å². The Morgan fingerprint density at radius 1 is 0.257 bits per heavy atom. The molecule has 0 amide bonds. The Kier molecular flexibility index (Phi) is 10.5. The molecule has 0 aliphatic carbocycles. The van der Waals surface area contributed by atoms with Crippen LogP contribution < -0.4 is 9.80 Å². The van der Waals surface area contributed by atoms with Crippen molar-refractivity contribution in [3.05, 3.63) is 240 Å². The van der Waals surface area contributed by atoms with E-state index in [1.165, 1.54) is 66.8 Å². The summed E-state index contributed by atoms with van der Waals surface area (Å²) in [4.78, 5) is 4.81. The lowest BCUT2D eigenvalue weighted by atomic mass is 9.88. The van der Waals surface area contributed by atoms with Gasteiger partial charge in [0.25, 0.3) is 0 Å². The van der Waals surface area contributed by atoms with Crippen LogP contribution in [0.4, 0.5) is 34.1 Å². The van der Waals surface area contributed by atoms with Crippen molar-refractivity contribution in [2.75, 3.05) is 9.80 Å². The molecule has 0 aliphatic rings. The Hall–Kier alpha value is -8.60. The van der Waals surface area contributed by atoms with Gasteiger partial charge in [-0.2, -0.15) is 0 Å². The number of hydrogen-bond donors (Lipinski definition) is 0. The maximum Gasteiger partial charge on any atom is 0.135 e. The molecule has 0 atom stereocenters. The van der Waals surface area contributed by atoms with Crippen molar-refractivity contribution < 1.29 is 8.83 Å². The summed E-state index contributed by atoms with van der Waals surface area (Å²) in [5, 5.41) is 4.40. The van der Waals surface area contributed by atoms with Crippen LogP contribution >= 0.6 is 0 Å². The third-order valence-electron chi connectivity index (χ3n) is 14.2. The Balaban J connectivity index is 0.956. The average Bonchev–Trinajstić information content (AvgIpc) is 3.93. The fourth-order valence-electron chi connectivity index (χ4n) is 10.8. The van der Waals surface area contributed by atoms with Crippen molar-refractivity contribution in [2.24, 2.45) is 0 Å². The summed E-state index contributed by atoms with van der Waals surface area (Å²) in [6.07, 6.45) is 0. The average molecular weight is 905 g/mol. The molecule has 0 spiro atoms. The first-order valence-electron chi connectivity index (χ1n) is 24.1. The van der Waals surface area contributed by atoms with Gasteiger partial charge in [-0.25, -0.2) is 0 Å². The number of rotatable bonds is 9. The van der Waals surface area contributed by atoms with Crippen LogP contribution in [0.2, 0.25) is 0 Å². The van der Waals surface area contributed by atoms with E-state index in [1.807, 2.05) is 0 Å². The van der Waals surface area contributed by atoms with E-state index >= 15 is 0 Å². The van der Waals surface area contributed by atoms with E-state index in [9.17, 15) is 0 Å². The van der Waals surface area contributed by atoms with Crippen LogP contribution in [0.5, 0.6) is 0 Å². The van der Waals surface area contributed by atoms with Gasteiger partial charge in [-0.3, -0.25) is 0 Å². The van der Waals surface area contributed by atoms with Gasteiger partial charge in [0.1, 0.15) is 22.3 Å². The van der Waals surface area contributed by atoms with Crippen LogP contribution in [-0.2, 0) is 0 Å². The second-order valence-corrected chi connectivity index (χ2v) is 18.9. The van der Waals surface area contributed by atoms with Gasteiger partial charge in [0.05, 0.1) is 0 Å². The molecule has 10 aromatic carbocycles. The van der Waals surface area contributed by atoms with Gasteiger partial charge in [0, 0.05) is 55.7 Å². The normalized spacial score (nSPS) is 11.6. The Morgan fingerprint density at radius 2 is 0.586 bits per heavy atom. The van der Waals surface area contributed by atoms with Crippen molar-refractivity contribution in [3.8, 4) is 33.4 Å². The first-order chi connectivity index (χ1) is 34.2. The largest absolute Gasteiger partial charge is 0.456 e. The fourth-order valence-corrected chi connectivity index (χ4v) is 10.8. The van der Waals surface area contributed by atoms with Gasteiger partial charge >= 0.3 is 0 Å². The molecule has 4 heteroatoms. The summed E-state index contributed by atoms with van der Waals surface area (Å²) < 4.78 is 12.9. The minimum atomic E-state index is 0.875. The summed E-state index contributed by atoms with van der Waals surface area (Å²) in [7, 11) is 0. The molecule has 0 fully saturated rings. The smallest absolute Gasteiger partial charge is 0.135 e. The van der Waals surface area contributed by atoms with Gasteiger partial charge in [-0.05, 0) is 205 Å². The van der Waals surface area contributed by atoms with Crippen molar-refractivity contribution in [1.29, 1.82) is 0 Å². The molecule has 2 aromatic heterocycles. The minimum Gasteiger partial charge on any atom is -0.456 e. The number of fused-ring (bicyclic) bond motifs is 6. The molecule has 4 nitrogen and oxygen atoms in total. The highest BCUT2D eigenvalue weighted by Crippen LogP contribution is 2.46. The lowest BCUT2D eigenvalue weighted by Crippen LogP contribution is -2.13. The highest BCUT2D eigenvalue weighted by atomic mass is 16.3. The number of hydrogen-bond acceptors (Lipinski definition) is 4. The van der Waals surface area contributed by atoms with Crippen molar-refractivity contribution >= 4 is 78.0 Å². The van der Waals surface area contributed by atoms with Gasteiger partial charge < -0.3 is 18.6 Å². The fraction of sp³-hybridized carbons (Fsp3) is 0.0909. The first kappa shape index (κ1) is 42.7. The maximum atomic E-state index is 6.44. The van der Waals surface area contributed by atoms with E-state index in [4.69, 9.17) is 8.83 Å². The maximum absolute atomic E-state index is 6.44. The van der Waals surface area contributed by atoms with Gasteiger partial charge in [-0.15, -0.1) is 0 Å². The van der Waals surface area contributed by atoms with Gasteiger partial charge in [-0.1, -0.05) is 109 Å². The van der Waals surface area contributed by atoms with Crippen LogP contribution in [0.15, 0.2) is 215 Å². The zero-order valence-electron chi connectivity index (χ0n) is 40.3. The number of para-hydroxylation sites is 2. The molecule has 70 heavy (non-hydrogen) atoms. The quantitative estimate of drug-likeness (QED) is 0.144. The van der Waals surface area contributed by atoms with Gasteiger partial charge in [0.2, 0.25) is 0 Å². The predicted molar refractivity (Wildman–Crippen MR) is 295 cm³/mol. The number of anilines is 6. The second kappa shape index (κ2) is 17.2. The summed E-state index contributed by atoms with van der Waals surface area (Å²) in [6, 6.07) is 74.1. The molecule has 0 radical (unpaired) electrons. The lowest BCUT2D eigenvalue weighted by Gasteiger charge is -2.30. The van der Waals surface area contributed by atoms with Crippen LogP contribution in [-0.4, -0.2) is 0 Å². The molecule has 0 saturated heterocycles. The SMILES string of the molecule is Cc1ccccc1N(c1cc(C)c(-c2c(C)cc(N(c3ccc4oc5ccc(-c6ccccc6)cc5c4c3)c3ccccc3C)cc2C)c(C)c1)c1ccc2oc3ccc(-c4ccccc4)cc3c2c1. The standard InChI is InChI=1S/C66H52N2O2/c1-41-17-13-15-23-59(41)67(51-27-31-63-57(39-51)55-37-49(25-29-61(55)69-63)47-19-9-7-10-20-47)53-33-43(3)65(44(4)34-53)66-45(5)35-54(36-46(66)6)68(60-24-16-14-18-42(60)2)52-28-32-64-58(40-52)56-38-50(26-30-62(56)70-64)48-21-11-8-12-22-48/h7-40H,1-6H3. The summed E-state index contributed by atoms with van der Waals surface area (Å²) >= 11 is 0. The summed E-state index contributed by atoms with van der Waals surface area (Å²) in [6.45, 7) is 13.4. The summed E-state index contributed by atoms with van der Waals surface area (Å²) in [5.74, 6) is 0. The van der Waals surface area contributed by atoms with E-state index in [0.29, 0.717) is 0 Å². The highest BCUT2D eigenvalue weighted by Gasteiger charge is 2.23. The van der Waals surface area contributed by atoms with E-state index in [0.717, 1.165) is 78.0 Å². The zero-order valence-corrected chi connectivity index (χ0v) is 40.3. The lowest BCUT2D eigenvalue weighted by molar-refractivity contribution is 0.668. The number of nitrogens with zero attached hydrogens (tertiary/aromatic N) is 2. The molecule has 0 bridgehead atoms. The second-order valence-electron chi connectivity index (χ2n) is 18.9. The van der Waals surface area contributed by atoms with Crippen LogP contribution in [0, 0.1) is 41.5 Å². The molecular weight excluding hydrogens is 853 g/mol. The molecule has 0 aliphatic heterocycles. The predicted octanol–water partition coefficient (Wildman–Crippen LogP) is 19.3. The van der Waals surface area contributed by atoms with E-state index < -0.39 is 0 Å². The molecule has 0 N–H and O–H groups in total. The molecule has 12 aromatic rings. The van der Waals surface area contributed by atoms with Crippen molar-refractivity contribution in [3.63, 3.8) is 0 Å². The molecular formula is C66H52N2O2. The minimum absolute atomic E-state index is 0.875. The molecule has 2 heterocycles. The monoisotopic (exact) mass is 904 g/mol. The third-order valence-corrected chi connectivity index (χ3v) is 14.2. The highest BCUT2D eigenvalue weighted by molar-refractivity contribution is 6.09. The Morgan fingerprint density at radius 3 is 0.957 bits per heavy atom. The number of benzene rings is 10. The Labute approximate surface area is 409 Å². The molecule has 0 unspecified atom stereocenters. The van der Waals surface area contributed by atoms with Crippen molar-refractivity contribution in [1.82, 2.24) is 0 Å². The molecule has 0 saturated carbocycles. The van der Waals surface area contributed by atoms with E-state index in [1.54, 1.807) is 0 Å². The number of furan rings is 2. The van der Waals surface area contributed by atoms with Gasteiger partial charge in [0.15, 0.2) is 0 Å². The third kappa shape index (κ3) is 7.41. The zero-order chi connectivity index (χ0) is 47.6. The van der Waals surface area contributed by atoms with E-state index in [-0.39, 0.29) is 0 Å². The molecule has 12 rings (SSSR count). The Bertz CT molecular complexity index is 3670. The van der Waals surface area contributed by atoms with Crippen LogP contribution in [0.3, 0.4) is 0 Å². The topological polar surface area (TPSA) is 32.8 Å². The number of aryl methyl sites for hydroxylation is 6.